The summed E-state index contributed by atoms with van der Waals surface area (Å²) in [6.45, 7) is 4.24. The standard InChI is InChI=1S/C14H24N4OS/c1-17(2)9-11-3-6-18(7-4-11)10-12-5-8-20-13(12)14(19)16-15/h5,8,11H,3-4,6-7,9-10,15H2,1-2H3,(H,16,19). The number of thiophene rings is 1. The van der Waals surface area contributed by atoms with Gasteiger partial charge in [-0.1, -0.05) is 0 Å². The zero-order valence-electron chi connectivity index (χ0n) is 12.3. The summed E-state index contributed by atoms with van der Waals surface area (Å²) in [4.78, 5) is 17.1. The molecule has 5 nitrogen and oxygen atoms in total. The Hall–Kier alpha value is -0.950. The number of piperidine rings is 1. The van der Waals surface area contributed by atoms with E-state index in [4.69, 9.17) is 5.84 Å². The first-order valence-electron chi connectivity index (χ1n) is 7.04. The lowest BCUT2D eigenvalue weighted by molar-refractivity contribution is 0.0954. The van der Waals surface area contributed by atoms with Crippen LogP contribution in [0.5, 0.6) is 0 Å². The number of nitrogens with one attached hydrogen (secondary N) is 1. The summed E-state index contributed by atoms with van der Waals surface area (Å²) in [5.74, 6) is 5.84. The number of carbonyl (C=O) groups is 1. The fraction of sp³-hybridized carbons (Fsp3) is 0.643. The van der Waals surface area contributed by atoms with Gasteiger partial charge in [-0.15, -0.1) is 11.3 Å². The van der Waals surface area contributed by atoms with Gasteiger partial charge >= 0.3 is 0 Å². The van der Waals surface area contributed by atoms with Gasteiger partial charge in [0.2, 0.25) is 0 Å². The molecule has 0 bridgehead atoms. The minimum atomic E-state index is -0.183. The molecule has 1 aromatic heterocycles. The smallest absolute Gasteiger partial charge is 0.275 e. The van der Waals surface area contributed by atoms with Crippen molar-refractivity contribution in [2.75, 3.05) is 33.7 Å². The van der Waals surface area contributed by atoms with Gasteiger partial charge in [0.05, 0.1) is 4.88 Å². The lowest BCUT2D eigenvalue weighted by Gasteiger charge is -2.33. The van der Waals surface area contributed by atoms with Crippen LogP contribution in [0.25, 0.3) is 0 Å². The van der Waals surface area contributed by atoms with Crippen molar-refractivity contribution >= 4 is 17.2 Å². The van der Waals surface area contributed by atoms with E-state index < -0.39 is 0 Å². The van der Waals surface area contributed by atoms with Gasteiger partial charge in [-0.25, -0.2) is 5.84 Å². The Morgan fingerprint density at radius 3 is 2.80 bits per heavy atom. The van der Waals surface area contributed by atoms with E-state index >= 15 is 0 Å². The highest BCUT2D eigenvalue weighted by molar-refractivity contribution is 7.12. The second-order valence-corrected chi connectivity index (χ2v) is 6.65. The molecule has 20 heavy (non-hydrogen) atoms. The number of hydrogen-bond donors (Lipinski definition) is 2. The molecule has 2 heterocycles. The molecule has 0 spiro atoms. The number of rotatable bonds is 5. The molecule has 1 aliphatic rings. The van der Waals surface area contributed by atoms with E-state index in [1.807, 2.05) is 11.4 Å². The lowest BCUT2D eigenvalue weighted by Crippen LogP contribution is -2.37. The van der Waals surface area contributed by atoms with Gasteiger partial charge < -0.3 is 4.90 Å². The Balaban J connectivity index is 1.87. The summed E-state index contributed by atoms with van der Waals surface area (Å²) in [7, 11) is 4.27. The van der Waals surface area contributed by atoms with Crippen LogP contribution in [0.2, 0.25) is 0 Å². The van der Waals surface area contributed by atoms with Gasteiger partial charge in [0.15, 0.2) is 0 Å². The fourth-order valence-corrected chi connectivity index (χ4v) is 3.63. The maximum absolute atomic E-state index is 11.7. The number of amides is 1. The molecule has 0 saturated carbocycles. The molecule has 0 unspecified atom stereocenters. The fourth-order valence-electron chi connectivity index (χ4n) is 2.81. The number of nitrogen functional groups attached to an aromatic ring is 1. The van der Waals surface area contributed by atoms with Crippen LogP contribution in [0.1, 0.15) is 28.1 Å². The summed E-state index contributed by atoms with van der Waals surface area (Å²) in [5, 5.41) is 1.96. The summed E-state index contributed by atoms with van der Waals surface area (Å²) < 4.78 is 0. The van der Waals surface area contributed by atoms with Crippen molar-refractivity contribution in [3.63, 3.8) is 0 Å². The van der Waals surface area contributed by atoms with Crippen molar-refractivity contribution in [2.45, 2.75) is 19.4 Å². The minimum Gasteiger partial charge on any atom is -0.309 e. The minimum absolute atomic E-state index is 0.183. The zero-order valence-corrected chi connectivity index (χ0v) is 13.1. The lowest BCUT2D eigenvalue weighted by atomic mass is 9.96. The molecule has 6 heteroatoms. The molecule has 0 radical (unpaired) electrons. The Morgan fingerprint density at radius 1 is 1.50 bits per heavy atom. The Labute approximate surface area is 124 Å². The number of hydrazine groups is 1. The molecule has 3 N–H and O–H groups in total. The van der Waals surface area contributed by atoms with Crippen LogP contribution in [0.4, 0.5) is 0 Å². The molecule has 0 aromatic carbocycles. The van der Waals surface area contributed by atoms with E-state index in [1.54, 1.807) is 0 Å². The maximum atomic E-state index is 11.7. The first-order valence-corrected chi connectivity index (χ1v) is 7.92. The van der Waals surface area contributed by atoms with Crippen LogP contribution >= 0.6 is 11.3 Å². The summed E-state index contributed by atoms with van der Waals surface area (Å²) in [6, 6.07) is 2.03. The van der Waals surface area contributed by atoms with E-state index in [0.717, 1.165) is 36.0 Å². The van der Waals surface area contributed by atoms with Gasteiger partial charge in [0.25, 0.3) is 5.91 Å². The first-order chi connectivity index (χ1) is 9.60. The molecule has 1 fully saturated rings. The van der Waals surface area contributed by atoms with Crippen LogP contribution in [-0.2, 0) is 6.54 Å². The molecule has 0 aliphatic carbocycles. The van der Waals surface area contributed by atoms with E-state index in [9.17, 15) is 4.79 Å². The number of hydrogen-bond acceptors (Lipinski definition) is 5. The zero-order chi connectivity index (χ0) is 14.5. The van der Waals surface area contributed by atoms with Crippen molar-refractivity contribution in [1.82, 2.24) is 15.2 Å². The molecule has 2 rings (SSSR count). The molecule has 1 saturated heterocycles. The van der Waals surface area contributed by atoms with E-state index in [2.05, 4.69) is 29.3 Å². The molecule has 0 atom stereocenters. The highest BCUT2D eigenvalue weighted by Gasteiger charge is 2.21. The van der Waals surface area contributed by atoms with Crippen molar-refractivity contribution in [1.29, 1.82) is 0 Å². The van der Waals surface area contributed by atoms with Crippen LogP contribution in [0.15, 0.2) is 11.4 Å². The van der Waals surface area contributed by atoms with E-state index in [1.165, 1.54) is 30.7 Å². The molecule has 1 aliphatic heterocycles. The Kier molecular flexibility index (Phi) is 5.54. The molecular weight excluding hydrogens is 272 g/mol. The second kappa shape index (κ2) is 7.17. The predicted molar refractivity (Wildman–Crippen MR) is 82.5 cm³/mol. The van der Waals surface area contributed by atoms with Crippen molar-refractivity contribution in [3.05, 3.63) is 21.9 Å². The largest absolute Gasteiger partial charge is 0.309 e. The highest BCUT2D eigenvalue weighted by Crippen LogP contribution is 2.23. The summed E-state index contributed by atoms with van der Waals surface area (Å²) >= 11 is 1.45. The van der Waals surface area contributed by atoms with Crippen LogP contribution in [0.3, 0.4) is 0 Å². The van der Waals surface area contributed by atoms with E-state index in [0.29, 0.717) is 0 Å². The Bertz CT molecular complexity index is 438. The third kappa shape index (κ3) is 4.02. The SMILES string of the molecule is CN(C)CC1CCN(Cc2ccsc2C(=O)NN)CC1. The third-order valence-electron chi connectivity index (χ3n) is 3.81. The van der Waals surface area contributed by atoms with Crippen LogP contribution in [-0.4, -0.2) is 49.4 Å². The highest BCUT2D eigenvalue weighted by atomic mass is 32.1. The van der Waals surface area contributed by atoms with Crippen molar-refractivity contribution in [2.24, 2.45) is 11.8 Å². The van der Waals surface area contributed by atoms with Gasteiger partial charge in [-0.3, -0.25) is 15.1 Å². The first kappa shape index (κ1) is 15.4. The molecule has 1 aromatic rings. The maximum Gasteiger partial charge on any atom is 0.275 e. The molecular formula is C14H24N4OS. The third-order valence-corrected chi connectivity index (χ3v) is 4.76. The van der Waals surface area contributed by atoms with Crippen molar-refractivity contribution in [3.8, 4) is 0 Å². The van der Waals surface area contributed by atoms with Gasteiger partial charge in [0, 0.05) is 13.1 Å². The number of carbonyl (C=O) groups excluding carboxylic acids is 1. The van der Waals surface area contributed by atoms with Gasteiger partial charge in [-0.2, -0.15) is 0 Å². The quantitative estimate of drug-likeness (QED) is 0.486. The van der Waals surface area contributed by atoms with E-state index in [-0.39, 0.29) is 5.91 Å². The second-order valence-electron chi connectivity index (χ2n) is 5.73. The monoisotopic (exact) mass is 296 g/mol. The van der Waals surface area contributed by atoms with Crippen LogP contribution < -0.4 is 11.3 Å². The summed E-state index contributed by atoms with van der Waals surface area (Å²) in [5.41, 5.74) is 3.31. The Morgan fingerprint density at radius 2 is 2.20 bits per heavy atom. The van der Waals surface area contributed by atoms with Crippen LogP contribution in [0, 0.1) is 5.92 Å². The topological polar surface area (TPSA) is 61.6 Å². The summed E-state index contributed by atoms with van der Waals surface area (Å²) in [6.07, 6.45) is 2.47. The number of likely N-dealkylation sites (tertiary alicyclic amines) is 1. The normalized spacial score (nSPS) is 17.6. The van der Waals surface area contributed by atoms with Gasteiger partial charge in [-0.05, 0) is 63.0 Å². The number of nitrogens with two attached hydrogens (primary N) is 1. The average Bonchev–Trinajstić information content (AvgIpc) is 2.87. The van der Waals surface area contributed by atoms with Crippen molar-refractivity contribution < 1.29 is 4.79 Å². The van der Waals surface area contributed by atoms with Gasteiger partial charge in [0.1, 0.15) is 0 Å². The predicted octanol–water partition coefficient (Wildman–Crippen LogP) is 1.13. The molecule has 112 valence electrons. The molecule has 1 amide bonds. The average molecular weight is 296 g/mol. The number of nitrogens with zero attached hydrogens (tertiary/aromatic N) is 2.